The molecule has 0 bridgehead atoms. The second-order valence-corrected chi connectivity index (χ2v) is 2.92. The highest BCUT2D eigenvalue weighted by Gasteiger charge is 2.30. The predicted molar refractivity (Wildman–Crippen MR) is 47.9 cm³/mol. The fourth-order valence-corrected chi connectivity index (χ4v) is 1.32. The molecule has 14 heavy (non-hydrogen) atoms. The average Bonchev–Trinajstić information content (AvgIpc) is 2.10. The molecule has 1 aliphatic heterocycles. The van der Waals surface area contributed by atoms with Gasteiger partial charge in [0.15, 0.2) is 11.8 Å². The number of rotatable bonds is 1. The van der Waals surface area contributed by atoms with Crippen molar-refractivity contribution < 1.29 is 14.7 Å². The van der Waals surface area contributed by atoms with Crippen LogP contribution in [-0.2, 0) is 9.59 Å². The van der Waals surface area contributed by atoms with Gasteiger partial charge in [0.25, 0.3) is 0 Å². The summed E-state index contributed by atoms with van der Waals surface area (Å²) in [6, 6.07) is 0.625. The van der Waals surface area contributed by atoms with Crippen LogP contribution in [0.25, 0.3) is 0 Å². The monoisotopic (exact) mass is 192 g/mol. The first kappa shape index (κ1) is 10.1. The van der Waals surface area contributed by atoms with E-state index in [2.05, 4.69) is 4.99 Å². The maximum atomic E-state index is 11.4. The molecule has 0 saturated carbocycles. The Hall–Kier alpha value is -1.96. The maximum Gasteiger partial charge on any atom is 0.337 e. The van der Waals surface area contributed by atoms with Crippen molar-refractivity contribution >= 4 is 17.5 Å². The van der Waals surface area contributed by atoms with Crippen LogP contribution in [0.1, 0.15) is 13.8 Å². The second kappa shape index (κ2) is 3.42. The van der Waals surface area contributed by atoms with Gasteiger partial charge in [-0.1, -0.05) is 0 Å². The number of nitrogens with zero attached hydrogens (tertiary/aromatic N) is 2. The van der Waals surface area contributed by atoms with Crippen LogP contribution >= 0.6 is 0 Å². The SMILES string of the molecule is CC1=NC(C#N)C(=O)C(C)=C1C(=O)O. The van der Waals surface area contributed by atoms with E-state index in [1.54, 1.807) is 6.07 Å². The first-order chi connectivity index (χ1) is 6.49. The summed E-state index contributed by atoms with van der Waals surface area (Å²) < 4.78 is 0. The van der Waals surface area contributed by atoms with Gasteiger partial charge in [-0.05, 0) is 13.8 Å². The topological polar surface area (TPSA) is 90.5 Å². The Bertz CT molecular complexity index is 412. The molecule has 1 unspecified atom stereocenters. The van der Waals surface area contributed by atoms with Gasteiger partial charge in [0.1, 0.15) is 0 Å². The standard InChI is InChI=1S/C9H8N2O3/c1-4-7(9(13)14)5(2)11-6(3-10)8(4)12/h6H,1-2H3,(H,13,14). The van der Waals surface area contributed by atoms with Crippen LogP contribution in [0.5, 0.6) is 0 Å². The second-order valence-electron chi connectivity index (χ2n) is 2.92. The molecule has 5 nitrogen and oxygen atoms in total. The predicted octanol–water partition coefficient (Wildman–Crippen LogP) is 0.323. The van der Waals surface area contributed by atoms with E-state index in [4.69, 9.17) is 10.4 Å². The van der Waals surface area contributed by atoms with Gasteiger partial charge in [-0.15, -0.1) is 0 Å². The molecule has 0 aromatic heterocycles. The maximum absolute atomic E-state index is 11.4. The minimum absolute atomic E-state index is 0.0940. The number of hydrogen-bond donors (Lipinski definition) is 1. The zero-order valence-electron chi connectivity index (χ0n) is 7.74. The van der Waals surface area contributed by atoms with E-state index in [0.29, 0.717) is 0 Å². The highest BCUT2D eigenvalue weighted by Crippen LogP contribution is 2.17. The lowest BCUT2D eigenvalue weighted by molar-refractivity contribution is -0.132. The molecule has 1 N–H and O–H groups in total. The lowest BCUT2D eigenvalue weighted by Gasteiger charge is -2.15. The van der Waals surface area contributed by atoms with Crippen LogP contribution in [0.2, 0.25) is 0 Å². The van der Waals surface area contributed by atoms with Gasteiger partial charge in [0, 0.05) is 11.3 Å². The Morgan fingerprint density at radius 1 is 1.57 bits per heavy atom. The summed E-state index contributed by atoms with van der Waals surface area (Å²) in [7, 11) is 0. The number of dihydropyridines is 1. The fourth-order valence-electron chi connectivity index (χ4n) is 1.32. The quantitative estimate of drug-likeness (QED) is 0.647. The third kappa shape index (κ3) is 1.42. The molecule has 0 aliphatic carbocycles. The van der Waals surface area contributed by atoms with Crippen molar-refractivity contribution in [3.8, 4) is 6.07 Å². The zero-order valence-corrected chi connectivity index (χ0v) is 7.74. The van der Waals surface area contributed by atoms with Gasteiger partial charge in [-0.2, -0.15) is 5.26 Å². The molecule has 0 radical (unpaired) electrons. The molecule has 1 heterocycles. The molecular formula is C9H8N2O3. The van der Waals surface area contributed by atoms with Crippen molar-refractivity contribution in [1.29, 1.82) is 5.26 Å². The Balaban J connectivity index is 3.29. The first-order valence-electron chi connectivity index (χ1n) is 3.91. The van der Waals surface area contributed by atoms with Gasteiger partial charge < -0.3 is 5.11 Å². The molecule has 0 aromatic carbocycles. The average molecular weight is 192 g/mol. The minimum Gasteiger partial charge on any atom is -0.478 e. The van der Waals surface area contributed by atoms with Crippen molar-refractivity contribution in [2.45, 2.75) is 19.9 Å². The number of Topliss-reactive ketones (excluding diaryl/α,β-unsaturated/α-hetero) is 1. The molecule has 0 aromatic rings. The van der Waals surface area contributed by atoms with Gasteiger partial charge in [-0.3, -0.25) is 9.79 Å². The molecule has 1 rings (SSSR count). The molecule has 0 saturated heterocycles. The molecule has 0 amide bonds. The fraction of sp³-hybridized carbons (Fsp3) is 0.333. The number of aliphatic imine (C=N–C) groups is 1. The van der Waals surface area contributed by atoms with Crippen LogP contribution in [-0.4, -0.2) is 28.6 Å². The molecule has 0 fully saturated rings. The van der Waals surface area contributed by atoms with Crippen molar-refractivity contribution in [1.82, 2.24) is 0 Å². The number of aliphatic carboxylic acids is 1. The van der Waals surface area contributed by atoms with E-state index in [9.17, 15) is 9.59 Å². The summed E-state index contributed by atoms with van der Waals surface area (Å²) >= 11 is 0. The normalized spacial score (nSPS) is 21.6. The summed E-state index contributed by atoms with van der Waals surface area (Å²) in [4.78, 5) is 25.8. The van der Waals surface area contributed by atoms with Crippen LogP contribution in [0.4, 0.5) is 0 Å². The van der Waals surface area contributed by atoms with Crippen molar-refractivity contribution in [2.24, 2.45) is 4.99 Å². The van der Waals surface area contributed by atoms with E-state index in [1.165, 1.54) is 13.8 Å². The Morgan fingerprint density at radius 2 is 2.14 bits per heavy atom. The van der Waals surface area contributed by atoms with E-state index < -0.39 is 17.8 Å². The van der Waals surface area contributed by atoms with E-state index >= 15 is 0 Å². The number of hydrogen-bond acceptors (Lipinski definition) is 4. The van der Waals surface area contributed by atoms with Crippen molar-refractivity contribution in [3.05, 3.63) is 11.1 Å². The summed E-state index contributed by atoms with van der Waals surface area (Å²) in [6.07, 6.45) is 0. The lowest BCUT2D eigenvalue weighted by Crippen LogP contribution is -2.29. The van der Waals surface area contributed by atoms with E-state index in [1.807, 2.05) is 0 Å². The number of carboxylic acids is 1. The third-order valence-corrected chi connectivity index (χ3v) is 2.01. The smallest absolute Gasteiger partial charge is 0.337 e. The molecule has 72 valence electrons. The van der Waals surface area contributed by atoms with E-state index in [0.717, 1.165) is 0 Å². The molecular weight excluding hydrogens is 184 g/mol. The minimum atomic E-state index is -1.19. The van der Waals surface area contributed by atoms with Crippen LogP contribution in [0, 0.1) is 11.3 Å². The Labute approximate surface area is 80.4 Å². The third-order valence-electron chi connectivity index (χ3n) is 2.01. The number of ketones is 1. The van der Waals surface area contributed by atoms with Crippen molar-refractivity contribution in [3.63, 3.8) is 0 Å². The number of carbonyl (C=O) groups excluding carboxylic acids is 1. The number of carboxylic acid groups (broad SMARTS) is 1. The highest BCUT2D eigenvalue weighted by atomic mass is 16.4. The number of nitriles is 1. The van der Waals surface area contributed by atoms with E-state index in [-0.39, 0.29) is 16.9 Å². The van der Waals surface area contributed by atoms with Gasteiger partial charge in [0.2, 0.25) is 0 Å². The highest BCUT2D eigenvalue weighted by molar-refractivity contribution is 6.26. The first-order valence-corrected chi connectivity index (χ1v) is 3.91. The van der Waals surface area contributed by atoms with Crippen LogP contribution in [0.3, 0.4) is 0 Å². The summed E-state index contributed by atoms with van der Waals surface area (Å²) in [5.74, 6) is -1.72. The van der Waals surface area contributed by atoms with Gasteiger partial charge in [0.05, 0.1) is 11.6 Å². The lowest BCUT2D eigenvalue weighted by atomic mass is 9.95. The molecule has 5 heteroatoms. The molecule has 1 atom stereocenters. The van der Waals surface area contributed by atoms with Crippen LogP contribution in [0.15, 0.2) is 16.1 Å². The summed E-state index contributed by atoms with van der Waals surface area (Å²) in [5, 5.41) is 17.4. The summed E-state index contributed by atoms with van der Waals surface area (Å²) in [5.41, 5.74) is 0.221. The van der Waals surface area contributed by atoms with Crippen molar-refractivity contribution in [2.75, 3.05) is 0 Å². The van der Waals surface area contributed by atoms with Crippen LogP contribution < -0.4 is 0 Å². The molecule has 0 spiro atoms. The molecule has 1 aliphatic rings. The largest absolute Gasteiger partial charge is 0.478 e. The van der Waals surface area contributed by atoms with Gasteiger partial charge in [-0.25, -0.2) is 4.79 Å². The summed E-state index contributed by atoms with van der Waals surface area (Å²) in [6.45, 7) is 2.87. The van der Waals surface area contributed by atoms with Gasteiger partial charge >= 0.3 is 5.97 Å². The Kier molecular flexibility index (Phi) is 2.47. The zero-order chi connectivity index (χ0) is 10.9. The number of carbonyl (C=O) groups is 2. The Morgan fingerprint density at radius 3 is 2.57 bits per heavy atom.